The summed E-state index contributed by atoms with van der Waals surface area (Å²) in [6.07, 6.45) is 32.8. The van der Waals surface area contributed by atoms with Crippen LogP contribution in [-0.2, 0) is 0 Å². The molecule has 2 aliphatic rings. The van der Waals surface area contributed by atoms with Gasteiger partial charge in [0.1, 0.15) is 0 Å². The van der Waals surface area contributed by atoms with E-state index in [1.165, 1.54) is 33.4 Å². The van der Waals surface area contributed by atoms with E-state index in [9.17, 15) is 10.2 Å². The average Bonchev–Trinajstić information content (AvgIpc) is 2.91. The average molecular weight is 569 g/mol. The normalized spacial score (nSPS) is 25.0. The third kappa shape index (κ3) is 11.0. The molecule has 0 aliphatic heterocycles. The van der Waals surface area contributed by atoms with Crippen LogP contribution in [0.5, 0.6) is 0 Å². The van der Waals surface area contributed by atoms with Gasteiger partial charge in [-0.15, -0.1) is 0 Å². The minimum absolute atomic E-state index is 0.104. The molecule has 0 heterocycles. The first-order chi connectivity index (χ1) is 19.6. The highest BCUT2D eigenvalue weighted by Gasteiger charge is 2.31. The van der Waals surface area contributed by atoms with Gasteiger partial charge >= 0.3 is 0 Å². The highest BCUT2D eigenvalue weighted by Crippen LogP contribution is 2.42. The maximum absolute atomic E-state index is 10.3. The van der Waals surface area contributed by atoms with E-state index in [0.29, 0.717) is 0 Å². The fourth-order valence-electron chi connectivity index (χ4n) is 5.61. The van der Waals surface area contributed by atoms with Gasteiger partial charge in [0.05, 0.1) is 12.2 Å². The number of aliphatic hydroxyl groups excluding tert-OH is 2. The molecular formula is C40H56O2. The van der Waals surface area contributed by atoms with Crippen LogP contribution in [0.2, 0.25) is 0 Å². The molecule has 2 nitrogen and oxygen atoms in total. The van der Waals surface area contributed by atoms with Crippen LogP contribution >= 0.6 is 0 Å². The van der Waals surface area contributed by atoms with Crippen molar-refractivity contribution in [1.29, 1.82) is 0 Å². The summed E-state index contributed by atoms with van der Waals surface area (Å²) in [5.74, 6) is 0. The van der Waals surface area contributed by atoms with Gasteiger partial charge in [-0.05, 0) is 100 Å². The molecule has 2 atom stereocenters. The van der Waals surface area contributed by atoms with E-state index in [2.05, 4.69) is 154 Å². The van der Waals surface area contributed by atoms with E-state index in [1.54, 1.807) is 0 Å². The Morgan fingerprint density at radius 1 is 0.548 bits per heavy atom. The third-order valence-electron chi connectivity index (χ3n) is 8.68. The van der Waals surface area contributed by atoms with Crippen LogP contribution < -0.4 is 0 Å². The van der Waals surface area contributed by atoms with Crippen LogP contribution in [0.1, 0.15) is 94.9 Å². The second kappa shape index (κ2) is 16.1. The molecule has 0 spiro atoms. The molecule has 0 amide bonds. The fourth-order valence-corrected chi connectivity index (χ4v) is 5.61. The molecule has 2 heteroatoms. The first-order valence-corrected chi connectivity index (χ1v) is 15.5. The number of allylic oxidation sites excluding steroid dienone is 20. The van der Waals surface area contributed by atoms with Gasteiger partial charge in [-0.2, -0.15) is 0 Å². The van der Waals surface area contributed by atoms with Crippen molar-refractivity contribution < 1.29 is 10.2 Å². The zero-order chi connectivity index (χ0) is 31.5. The molecule has 0 fully saturated rings. The SMILES string of the molecule is CC1=C(/C=C/C(C)=C/C=C/C(C)=C/C=C/C=C(C)/C=C/C=C(C)/C=C/C2=C(C)[C@@H](O)CCC2(C)C)C(C)(C)CC[C@H]1O. The molecular weight excluding hydrogens is 512 g/mol. The molecule has 42 heavy (non-hydrogen) atoms. The van der Waals surface area contributed by atoms with Crippen molar-refractivity contribution in [2.45, 2.75) is 107 Å². The highest BCUT2D eigenvalue weighted by atomic mass is 16.3. The largest absolute Gasteiger partial charge is 0.389 e. The van der Waals surface area contributed by atoms with Crippen molar-refractivity contribution in [3.05, 3.63) is 130 Å². The summed E-state index contributed by atoms with van der Waals surface area (Å²) < 4.78 is 0. The van der Waals surface area contributed by atoms with E-state index < -0.39 is 0 Å². The lowest BCUT2D eigenvalue weighted by Crippen LogP contribution is -2.27. The monoisotopic (exact) mass is 568 g/mol. The Bertz CT molecular complexity index is 1190. The van der Waals surface area contributed by atoms with Crippen molar-refractivity contribution in [2.24, 2.45) is 10.8 Å². The van der Waals surface area contributed by atoms with Crippen molar-refractivity contribution in [3.63, 3.8) is 0 Å². The van der Waals surface area contributed by atoms with Gasteiger partial charge in [-0.3, -0.25) is 0 Å². The van der Waals surface area contributed by atoms with Crippen LogP contribution in [0.15, 0.2) is 130 Å². The Morgan fingerprint density at radius 2 is 0.857 bits per heavy atom. The molecule has 0 bridgehead atoms. The topological polar surface area (TPSA) is 40.5 Å². The van der Waals surface area contributed by atoms with Crippen LogP contribution in [0.3, 0.4) is 0 Å². The van der Waals surface area contributed by atoms with Crippen molar-refractivity contribution in [1.82, 2.24) is 0 Å². The molecule has 228 valence electrons. The van der Waals surface area contributed by atoms with Gasteiger partial charge < -0.3 is 10.2 Å². The summed E-state index contributed by atoms with van der Waals surface area (Å²) in [5.41, 5.74) is 9.65. The van der Waals surface area contributed by atoms with Gasteiger partial charge in [0.25, 0.3) is 0 Å². The van der Waals surface area contributed by atoms with Crippen molar-refractivity contribution in [3.8, 4) is 0 Å². The predicted octanol–water partition coefficient (Wildman–Crippen LogP) is 10.5. The molecule has 0 radical (unpaired) electrons. The predicted molar refractivity (Wildman–Crippen MR) is 184 cm³/mol. The molecule has 0 unspecified atom stereocenters. The highest BCUT2D eigenvalue weighted by molar-refractivity contribution is 5.40. The standard InChI is InChI=1S/C40H56O2/c1-29(17-13-19-31(3)21-23-35-33(5)37(41)25-27-39(35,7)8)15-11-12-16-30(2)18-14-20-32(4)22-24-36-34(6)38(42)26-28-40(36,9)10/h11-24,37-38,41-42H,25-28H2,1-10H3/b12-11+,17-13+,18-14+,23-21+,24-22+,29-15+,30-16+,31-19+,32-20+/t37-,38+. The number of hydrogen-bond donors (Lipinski definition) is 2. The maximum Gasteiger partial charge on any atom is 0.0753 e. The van der Waals surface area contributed by atoms with Crippen LogP contribution in [0.25, 0.3) is 0 Å². The van der Waals surface area contributed by atoms with Gasteiger partial charge in [-0.25, -0.2) is 0 Å². The lowest BCUT2D eigenvalue weighted by molar-refractivity contribution is 0.163. The maximum atomic E-state index is 10.3. The molecule has 2 aliphatic carbocycles. The minimum atomic E-state index is -0.315. The Kier molecular flexibility index (Phi) is 13.5. The van der Waals surface area contributed by atoms with Gasteiger partial charge in [0.15, 0.2) is 0 Å². The van der Waals surface area contributed by atoms with Crippen molar-refractivity contribution in [2.75, 3.05) is 0 Å². The summed E-state index contributed by atoms with van der Waals surface area (Å²) in [5, 5.41) is 20.5. The van der Waals surface area contributed by atoms with Gasteiger partial charge in [0, 0.05) is 0 Å². The summed E-state index contributed by atoms with van der Waals surface area (Å²) in [6, 6.07) is 0. The molecule has 0 aromatic rings. The van der Waals surface area contributed by atoms with Crippen LogP contribution in [0.4, 0.5) is 0 Å². The molecule has 0 aromatic carbocycles. The first kappa shape index (κ1) is 35.3. The smallest absolute Gasteiger partial charge is 0.0753 e. The number of rotatable bonds is 10. The number of hydrogen-bond acceptors (Lipinski definition) is 2. The molecule has 0 saturated carbocycles. The van der Waals surface area contributed by atoms with E-state index in [4.69, 9.17) is 0 Å². The Hall–Kier alpha value is -2.94. The second-order valence-corrected chi connectivity index (χ2v) is 13.5. The zero-order valence-electron chi connectivity index (χ0n) is 28.0. The summed E-state index contributed by atoms with van der Waals surface area (Å²) in [6.45, 7) is 21.6. The van der Waals surface area contributed by atoms with Gasteiger partial charge in [0.2, 0.25) is 0 Å². The quantitative estimate of drug-likeness (QED) is 0.257. The first-order valence-electron chi connectivity index (χ1n) is 15.5. The second-order valence-electron chi connectivity index (χ2n) is 13.5. The van der Waals surface area contributed by atoms with E-state index in [0.717, 1.165) is 36.8 Å². The zero-order valence-corrected chi connectivity index (χ0v) is 28.0. The Labute approximate surface area is 257 Å². The molecule has 0 saturated heterocycles. The van der Waals surface area contributed by atoms with E-state index in [1.807, 2.05) is 0 Å². The lowest BCUT2D eigenvalue weighted by atomic mass is 9.71. The summed E-state index contributed by atoms with van der Waals surface area (Å²) in [7, 11) is 0. The molecule has 2 N–H and O–H groups in total. The minimum Gasteiger partial charge on any atom is -0.389 e. The summed E-state index contributed by atoms with van der Waals surface area (Å²) >= 11 is 0. The summed E-state index contributed by atoms with van der Waals surface area (Å²) in [4.78, 5) is 0. The third-order valence-corrected chi connectivity index (χ3v) is 8.68. The fraction of sp³-hybridized carbons (Fsp3) is 0.450. The van der Waals surface area contributed by atoms with Gasteiger partial charge in [-0.1, -0.05) is 135 Å². The molecule has 2 rings (SSSR count). The number of aliphatic hydroxyl groups is 2. The van der Waals surface area contributed by atoms with Crippen LogP contribution in [0, 0.1) is 10.8 Å². The molecule has 0 aromatic heterocycles. The lowest BCUT2D eigenvalue weighted by Gasteiger charge is -2.35. The van der Waals surface area contributed by atoms with Crippen LogP contribution in [-0.4, -0.2) is 22.4 Å². The Morgan fingerprint density at radius 3 is 1.21 bits per heavy atom. The Balaban J connectivity index is 1.92. The van der Waals surface area contributed by atoms with E-state index >= 15 is 0 Å². The van der Waals surface area contributed by atoms with E-state index in [-0.39, 0.29) is 23.0 Å². The van der Waals surface area contributed by atoms with Crippen molar-refractivity contribution >= 4 is 0 Å².